The Kier molecular flexibility index (Phi) is 10.0. The summed E-state index contributed by atoms with van der Waals surface area (Å²) in [5.74, 6) is -1.43. The molecule has 7 rings (SSSR count). The van der Waals surface area contributed by atoms with Gasteiger partial charge in [0.25, 0.3) is 5.71 Å². The summed E-state index contributed by atoms with van der Waals surface area (Å²) >= 11 is 1.04. The van der Waals surface area contributed by atoms with Crippen LogP contribution in [-0.2, 0) is 32.3 Å². The fraction of sp³-hybridized carbons (Fsp3) is 0.263. The number of carbonyl (C=O) groups excluding carboxylic acids is 4. The van der Waals surface area contributed by atoms with Crippen molar-refractivity contribution in [1.82, 2.24) is 25.8 Å². The number of anilines is 1. The van der Waals surface area contributed by atoms with E-state index in [1.54, 1.807) is 26.8 Å². The first-order valence-corrected chi connectivity index (χ1v) is 18.0. The van der Waals surface area contributed by atoms with Crippen molar-refractivity contribution in [3.63, 3.8) is 0 Å². The van der Waals surface area contributed by atoms with Gasteiger partial charge in [0.1, 0.15) is 42.2 Å². The first-order chi connectivity index (χ1) is 26.4. The summed E-state index contributed by atoms with van der Waals surface area (Å²) < 4.78 is 28.3. The number of rotatable bonds is 13. The van der Waals surface area contributed by atoms with Crippen LogP contribution in [0.5, 0.6) is 11.5 Å². The van der Waals surface area contributed by atoms with E-state index in [1.807, 2.05) is 60.7 Å². The van der Waals surface area contributed by atoms with Crippen LogP contribution in [0.4, 0.5) is 9.93 Å². The number of pyridine rings is 1. The Balaban J connectivity index is 0.967. The molecule has 0 radical (unpaired) electrons. The predicted molar refractivity (Wildman–Crippen MR) is 196 cm³/mol. The Morgan fingerprint density at radius 3 is 2.31 bits per heavy atom. The summed E-state index contributed by atoms with van der Waals surface area (Å²) in [5.41, 5.74) is 0.620. The monoisotopic (exact) mass is 766 g/mol. The first kappa shape index (κ1) is 36.7. The Hall–Kier alpha value is -6.62. The number of nitrogens with two attached hydrogens (primary N) is 1. The van der Waals surface area contributed by atoms with Crippen LogP contribution in [0.25, 0.3) is 11.4 Å². The van der Waals surface area contributed by atoms with Crippen molar-refractivity contribution in [2.24, 2.45) is 0 Å². The molecule has 16 nitrogen and oxygen atoms in total. The average Bonchev–Trinajstić information content (AvgIpc) is 3.46. The highest BCUT2D eigenvalue weighted by Crippen LogP contribution is 2.47. The molecule has 3 amide bonds. The number of amides is 3. The summed E-state index contributed by atoms with van der Waals surface area (Å²) in [6.07, 6.45) is 0.282. The Morgan fingerprint density at radius 2 is 1.65 bits per heavy atom. The number of nitrogens with zero attached hydrogens (tertiary/aromatic N) is 3. The number of hydrogen-bond donors (Lipinski definition) is 4. The number of esters is 1. The van der Waals surface area contributed by atoms with E-state index in [9.17, 15) is 19.2 Å². The van der Waals surface area contributed by atoms with Crippen LogP contribution in [0.3, 0.4) is 0 Å². The van der Waals surface area contributed by atoms with Crippen molar-refractivity contribution in [3.8, 4) is 22.9 Å². The van der Waals surface area contributed by atoms with Gasteiger partial charge >= 0.3 is 18.0 Å². The van der Waals surface area contributed by atoms with Crippen molar-refractivity contribution >= 4 is 46.1 Å². The topological polar surface area (TPSA) is 219 Å². The third kappa shape index (κ3) is 8.46. The standard InChI is InChI=1S/C38H35N7O9S/c1-37(2,3)53-36(49)43-35-41-25(20-55-35)30(39)32(46)42-31-33(47)44-38(31)16-29(38)52-34(48)27-15-24(45-54-27)23-14-26(50-18-21-10-6-4-7-11-21)28(17-40-23)51-19-22-12-8-5-9-13-22/h4-15,17,20,29,31,39H,16,18-19H2,1-3H3,(H,42,46)(H,44,47)(H,41,43,49)/p+1/t29?,31-,38+/m1/s1. The second kappa shape index (κ2) is 15.0. The van der Waals surface area contributed by atoms with E-state index >= 15 is 0 Å². The molecule has 2 fully saturated rings. The largest absolute Gasteiger partial charge is 0.485 e. The number of ether oxygens (including phenoxy) is 4. The number of hydrogen-bond acceptors (Lipinski definition) is 13. The van der Waals surface area contributed by atoms with Crippen LogP contribution in [0.2, 0.25) is 0 Å². The summed E-state index contributed by atoms with van der Waals surface area (Å²) in [7, 11) is 0. The molecule has 1 saturated carbocycles. The van der Waals surface area contributed by atoms with Crippen molar-refractivity contribution < 1.29 is 48.1 Å². The molecular formula is C38H36N7O9S+. The number of carbonyl (C=O) groups is 4. The third-order valence-corrected chi connectivity index (χ3v) is 9.27. The summed E-state index contributed by atoms with van der Waals surface area (Å²) in [6.45, 7) is 5.72. The minimum absolute atomic E-state index is 0.0981. The zero-order valence-electron chi connectivity index (χ0n) is 29.9. The quantitative estimate of drug-likeness (QED) is 0.0772. The fourth-order valence-electron chi connectivity index (χ4n) is 5.66. The zero-order chi connectivity index (χ0) is 38.7. The first-order valence-electron chi connectivity index (χ1n) is 17.1. The minimum atomic E-state index is -1.03. The van der Waals surface area contributed by atoms with Crippen LogP contribution in [0.15, 0.2) is 88.9 Å². The lowest BCUT2D eigenvalue weighted by atomic mass is 9.95. The number of aromatic nitrogens is 3. The molecule has 5 N–H and O–H groups in total. The molecule has 1 unspecified atom stereocenters. The minimum Gasteiger partial charge on any atom is -0.485 e. The molecule has 3 aromatic heterocycles. The predicted octanol–water partition coefficient (Wildman–Crippen LogP) is 3.23. The molecule has 3 atom stereocenters. The molecule has 4 heterocycles. The van der Waals surface area contributed by atoms with E-state index in [4.69, 9.17) is 28.9 Å². The summed E-state index contributed by atoms with van der Waals surface area (Å²) in [5, 5.41) is 19.5. The number of β-lactam (4-membered cyclic amide) rings is 1. The van der Waals surface area contributed by atoms with Gasteiger partial charge in [-0.05, 0) is 31.9 Å². The lowest BCUT2D eigenvalue weighted by molar-refractivity contribution is -0.142. The molecule has 5 aromatic rings. The average molecular weight is 767 g/mol. The maximum Gasteiger partial charge on any atom is 0.413 e. The van der Waals surface area contributed by atoms with Crippen molar-refractivity contribution in [3.05, 3.63) is 107 Å². The molecule has 2 aliphatic rings. The molecule has 1 aliphatic heterocycles. The highest BCUT2D eigenvalue weighted by atomic mass is 32.1. The van der Waals surface area contributed by atoms with E-state index in [2.05, 4.69) is 31.1 Å². The van der Waals surface area contributed by atoms with Crippen molar-refractivity contribution in [2.45, 2.75) is 63.7 Å². The molecular weight excluding hydrogens is 731 g/mol. The lowest BCUT2D eigenvalue weighted by Gasteiger charge is -2.37. The molecule has 55 heavy (non-hydrogen) atoms. The van der Waals surface area contributed by atoms with Crippen LogP contribution in [0.1, 0.15) is 54.6 Å². The van der Waals surface area contributed by atoms with E-state index < -0.39 is 47.2 Å². The lowest BCUT2D eigenvalue weighted by Crippen LogP contribution is -2.74. The van der Waals surface area contributed by atoms with Gasteiger partial charge in [0, 0.05) is 23.9 Å². The third-order valence-electron chi connectivity index (χ3n) is 8.51. The van der Waals surface area contributed by atoms with Crippen LogP contribution in [-0.4, -0.2) is 68.0 Å². The van der Waals surface area contributed by atoms with Gasteiger partial charge in [-0.25, -0.2) is 20.0 Å². The van der Waals surface area contributed by atoms with Gasteiger partial charge in [0.05, 0.1) is 11.9 Å². The normalized spacial score (nSPS) is 18.3. The van der Waals surface area contributed by atoms with Crippen LogP contribution >= 0.6 is 11.3 Å². The maximum atomic E-state index is 13.1. The maximum absolute atomic E-state index is 13.1. The van der Waals surface area contributed by atoms with Crippen molar-refractivity contribution in [1.29, 1.82) is 0 Å². The highest BCUT2D eigenvalue weighted by molar-refractivity contribution is 7.14. The van der Waals surface area contributed by atoms with Gasteiger partial charge in [-0.15, -0.1) is 11.3 Å². The fourth-order valence-corrected chi connectivity index (χ4v) is 6.36. The second-order valence-corrected chi connectivity index (χ2v) is 14.6. The Bertz CT molecular complexity index is 2250. The van der Waals surface area contributed by atoms with Gasteiger partial charge in [0.15, 0.2) is 22.3 Å². The zero-order valence-corrected chi connectivity index (χ0v) is 30.7. The van der Waals surface area contributed by atoms with Crippen LogP contribution < -0.4 is 30.8 Å². The van der Waals surface area contributed by atoms with E-state index in [1.165, 1.54) is 17.6 Å². The highest BCUT2D eigenvalue weighted by Gasteiger charge is 2.72. The smallest absolute Gasteiger partial charge is 0.413 e. The number of benzene rings is 2. The Labute approximate surface area is 318 Å². The van der Waals surface area contributed by atoms with E-state index in [-0.39, 0.29) is 41.0 Å². The molecule has 17 heteroatoms. The molecule has 1 spiro atoms. The summed E-state index contributed by atoms with van der Waals surface area (Å²) in [4.78, 5) is 59.4. The summed E-state index contributed by atoms with van der Waals surface area (Å²) in [6, 6.07) is 21.3. The van der Waals surface area contributed by atoms with Gasteiger partial charge < -0.3 is 34.1 Å². The number of thiazole rings is 1. The number of nitrogens with one attached hydrogen (secondary N) is 3. The Morgan fingerprint density at radius 1 is 0.982 bits per heavy atom. The van der Waals surface area contributed by atoms with Gasteiger partial charge in [-0.3, -0.25) is 19.9 Å². The molecule has 1 aliphatic carbocycles. The molecule has 2 aromatic carbocycles. The van der Waals surface area contributed by atoms with E-state index in [0.717, 1.165) is 22.5 Å². The molecule has 1 saturated heterocycles. The van der Waals surface area contributed by atoms with E-state index in [0.29, 0.717) is 23.8 Å². The SMILES string of the molecule is CC(C)(C)OC(=O)Nc1nc(C(=[NH2+])C(=O)N[C@@H]2C(=O)N[C@]23CC3OC(=O)c2cc(-c3cc(OCc4ccccc4)c(OCc4ccccc4)cn3)no2)cs1. The molecule has 282 valence electrons. The second-order valence-electron chi connectivity index (χ2n) is 13.8. The van der Waals surface area contributed by atoms with Crippen LogP contribution in [0, 0.1) is 0 Å². The molecule has 0 bridgehead atoms. The van der Waals surface area contributed by atoms with Gasteiger partial charge in [-0.2, -0.15) is 0 Å². The van der Waals surface area contributed by atoms with Gasteiger partial charge in [-0.1, -0.05) is 65.8 Å². The van der Waals surface area contributed by atoms with Crippen molar-refractivity contribution in [2.75, 3.05) is 5.32 Å². The van der Waals surface area contributed by atoms with Gasteiger partial charge in [0.2, 0.25) is 11.7 Å².